The van der Waals surface area contributed by atoms with Gasteiger partial charge in [0.15, 0.2) is 0 Å². The zero-order valence-corrected chi connectivity index (χ0v) is 4.36. The highest BCUT2D eigenvalue weighted by atomic mass is 13.9. The van der Waals surface area contributed by atoms with Gasteiger partial charge in [-0.25, -0.2) is 0 Å². The molecule has 0 aromatic heterocycles. The molecule has 0 atom stereocenters. The summed E-state index contributed by atoms with van der Waals surface area (Å²) < 4.78 is 0. The van der Waals surface area contributed by atoms with Gasteiger partial charge in [0.1, 0.15) is 0 Å². The van der Waals surface area contributed by atoms with Gasteiger partial charge in [0.2, 0.25) is 0 Å². The third-order valence-corrected chi connectivity index (χ3v) is 0.526. The van der Waals surface area contributed by atoms with Crippen molar-refractivity contribution in [2.75, 3.05) is 0 Å². The molecule has 0 saturated heterocycles. The van der Waals surface area contributed by atoms with Crippen molar-refractivity contribution in [1.29, 1.82) is 0 Å². The Hall–Kier alpha value is -0.440. The van der Waals surface area contributed by atoms with E-state index in [1.165, 1.54) is 0 Å². The second kappa shape index (κ2) is 2.78. The molecular weight excluding hydrogens is 72.1 g/mol. The molecule has 0 heterocycles. The lowest BCUT2D eigenvalue weighted by molar-refractivity contribution is 0.676. The van der Waals surface area contributed by atoms with Crippen LogP contribution in [0, 0.1) is 18.3 Å². The van der Waals surface area contributed by atoms with Crippen molar-refractivity contribution in [2.45, 2.75) is 20.3 Å². The van der Waals surface area contributed by atoms with Crippen LogP contribution in [-0.2, 0) is 0 Å². The first kappa shape index (κ1) is 5.56. The minimum atomic E-state index is 0.662. The largest absolute Gasteiger partial charge is 0.120 e. The van der Waals surface area contributed by atoms with E-state index in [-0.39, 0.29) is 0 Å². The molecule has 0 rings (SSSR count). The monoisotopic (exact) mass is 82.1 g/mol. The van der Waals surface area contributed by atoms with Crippen LogP contribution in [0.4, 0.5) is 0 Å². The first-order chi connectivity index (χ1) is 2.77. The summed E-state index contributed by atoms with van der Waals surface area (Å²) in [6.07, 6.45) is 5.88. The Morgan fingerprint density at radius 3 is 2.17 bits per heavy atom. The number of terminal acetylenes is 1. The number of rotatable bonds is 1. The molecule has 0 saturated carbocycles. The Balaban J connectivity index is 2.88. The second-order valence-electron chi connectivity index (χ2n) is 1.80. The quantitative estimate of drug-likeness (QED) is 0.422. The third kappa shape index (κ3) is 3.56. The Bertz CT molecular complexity index is 54.9. The molecule has 0 bridgehead atoms. The summed E-state index contributed by atoms with van der Waals surface area (Å²) >= 11 is 0. The Morgan fingerprint density at radius 2 is 2.17 bits per heavy atom. The molecule has 0 aromatic carbocycles. The molecule has 0 aliphatic heterocycles. The van der Waals surface area contributed by atoms with Gasteiger partial charge in [-0.2, -0.15) is 0 Å². The van der Waals surface area contributed by atoms with E-state index in [0.717, 1.165) is 6.42 Å². The van der Waals surface area contributed by atoms with E-state index in [9.17, 15) is 0 Å². The third-order valence-electron chi connectivity index (χ3n) is 0.526. The van der Waals surface area contributed by atoms with Gasteiger partial charge < -0.3 is 0 Å². The van der Waals surface area contributed by atoms with E-state index in [4.69, 9.17) is 6.42 Å². The van der Waals surface area contributed by atoms with E-state index < -0.39 is 0 Å². The van der Waals surface area contributed by atoms with Crippen LogP contribution < -0.4 is 0 Å². The van der Waals surface area contributed by atoms with Crippen LogP contribution >= 0.6 is 0 Å². The molecule has 0 heteroatoms. The van der Waals surface area contributed by atoms with Crippen molar-refractivity contribution in [3.63, 3.8) is 0 Å². The molecule has 6 heavy (non-hydrogen) atoms. The molecule has 0 aliphatic carbocycles. The maximum Gasteiger partial charge on any atom is 0.0109 e. The van der Waals surface area contributed by atoms with Crippen LogP contribution in [-0.4, -0.2) is 0 Å². The van der Waals surface area contributed by atoms with Crippen LogP contribution in [0.2, 0.25) is 0 Å². The molecule has 0 radical (unpaired) electrons. The minimum Gasteiger partial charge on any atom is -0.120 e. The lowest BCUT2D eigenvalue weighted by Gasteiger charge is -1.90. The van der Waals surface area contributed by atoms with Gasteiger partial charge in [-0.1, -0.05) is 13.8 Å². The van der Waals surface area contributed by atoms with Gasteiger partial charge in [-0.15, -0.1) is 12.3 Å². The summed E-state index contributed by atoms with van der Waals surface area (Å²) in [5.74, 6) is 3.23. The molecule has 0 spiro atoms. The van der Waals surface area contributed by atoms with Crippen LogP contribution in [0.15, 0.2) is 0 Å². The lowest BCUT2D eigenvalue weighted by atomic mass is 10.1. The first-order valence-electron chi connectivity index (χ1n) is 2.21. The van der Waals surface area contributed by atoms with Crippen LogP contribution in [0.25, 0.3) is 0 Å². The summed E-state index contributed by atoms with van der Waals surface area (Å²) in [4.78, 5) is 0. The van der Waals surface area contributed by atoms with Crippen molar-refractivity contribution < 1.29 is 0 Å². The van der Waals surface area contributed by atoms with E-state index in [1.54, 1.807) is 0 Å². The number of hydrogen-bond donors (Lipinski definition) is 0. The van der Waals surface area contributed by atoms with Crippen molar-refractivity contribution >= 4 is 0 Å². The summed E-state index contributed by atoms with van der Waals surface area (Å²) in [6.45, 7) is 4.22. The van der Waals surface area contributed by atoms with Crippen LogP contribution in [0.1, 0.15) is 20.3 Å². The Kier molecular flexibility index (Phi) is 2.58. The maximum atomic E-state index is 4.98. The highest BCUT2D eigenvalue weighted by molar-refractivity contribution is 4.84. The minimum absolute atomic E-state index is 0.662. The van der Waals surface area contributed by atoms with E-state index in [0.29, 0.717) is 5.92 Å². The Morgan fingerprint density at radius 1 is 1.67 bits per heavy atom. The molecular formula is C6H10. The van der Waals surface area contributed by atoms with Crippen molar-refractivity contribution in [3.8, 4) is 12.3 Å². The van der Waals surface area contributed by atoms with Gasteiger partial charge in [-0.05, 0) is 5.92 Å². The molecule has 0 fully saturated rings. The average molecular weight is 82.1 g/mol. The van der Waals surface area contributed by atoms with Gasteiger partial charge in [0.25, 0.3) is 0 Å². The van der Waals surface area contributed by atoms with E-state index in [1.807, 2.05) is 0 Å². The van der Waals surface area contributed by atoms with E-state index in [2.05, 4.69) is 19.8 Å². The number of hydrogen-bond acceptors (Lipinski definition) is 0. The summed E-state index contributed by atoms with van der Waals surface area (Å²) in [5.41, 5.74) is 0. The normalized spacial score (nSPS) is 8.33. The highest BCUT2D eigenvalue weighted by Crippen LogP contribution is 1.94. The fourth-order valence-corrected chi connectivity index (χ4v) is 0.236. The predicted molar refractivity (Wildman–Crippen MR) is 28.3 cm³/mol. The van der Waals surface area contributed by atoms with Gasteiger partial charge in [-0.3, -0.25) is 0 Å². The van der Waals surface area contributed by atoms with E-state index >= 15 is 0 Å². The summed E-state index contributed by atoms with van der Waals surface area (Å²) in [7, 11) is 0. The van der Waals surface area contributed by atoms with Crippen LogP contribution in [0.3, 0.4) is 0 Å². The van der Waals surface area contributed by atoms with Crippen molar-refractivity contribution in [1.82, 2.24) is 0 Å². The van der Waals surface area contributed by atoms with Gasteiger partial charge >= 0.3 is 0 Å². The average Bonchev–Trinajstić information content (AvgIpc) is 1.35. The zero-order valence-electron chi connectivity index (χ0n) is 4.36. The molecule has 34 valence electrons. The van der Waals surface area contributed by atoms with Crippen molar-refractivity contribution in [3.05, 3.63) is 0 Å². The summed E-state index contributed by atoms with van der Waals surface area (Å²) in [5, 5.41) is 0. The smallest absolute Gasteiger partial charge is 0.0109 e. The SMILES string of the molecule is C#CCC(C)C. The fourth-order valence-electron chi connectivity index (χ4n) is 0.236. The van der Waals surface area contributed by atoms with Crippen LogP contribution in [0.5, 0.6) is 0 Å². The van der Waals surface area contributed by atoms with Crippen molar-refractivity contribution in [2.24, 2.45) is 5.92 Å². The summed E-state index contributed by atoms with van der Waals surface area (Å²) in [6, 6.07) is 0. The Labute approximate surface area is 39.6 Å². The van der Waals surface area contributed by atoms with Gasteiger partial charge in [0.05, 0.1) is 0 Å². The zero-order chi connectivity index (χ0) is 4.99. The predicted octanol–water partition coefficient (Wildman–Crippen LogP) is 1.67. The molecule has 0 amide bonds. The first-order valence-corrected chi connectivity index (χ1v) is 2.21. The maximum absolute atomic E-state index is 4.98. The fraction of sp³-hybridized carbons (Fsp3) is 0.667. The van der Waals surface area contributed by atoms with Gasteiger partial charge in [0, 0.05) is 6.42 Å². The molecule has 0 unspecified atom stereocenters. The second-order valence-corrected chi connectivity index (χ2v) is 1.80. The standard InChI is InChI=1S/C6H10/c1-4-5-6(2)3/h1,6H,5H2,2-3H3. The topological polar surface area (TPSA) is 0 Å². The lowest BCUT2D eigenvalue weighted by Crippen LogP contribution is -1.79. The molecule has 0 aliphatic rings. The highest BCUT2D eigenvalue weighted by Gasteiger charge is 1.83. The molecule has 0 nitrogen and oxygen atoms in total. The molecule has 0 N–H and O–H groups in total. The molecule has 0 aromatic rings.